The summed E-state index contributed by atoms with van der Waals surface area (Å²) in [6.07, 6.45) is 20.2. The highest BCUT2D eigenvalue weighted by atomic mass is 16.4. The molecule has 0 unspecified atom stereocenters. The van der Waals surface area contributed by atoms with Gasteiger partial charge in [0, 0.05) is 13.3 Å². The van der Waals surface area contributed by atoms with Crippen molar-refractivity contribution in [1.82, 2.24) is 6.15 Å². The van der Waals surface area contributed by atoms with Gasteiger partial charge in [-0.3, -0.25) is 9.59 Å². The predicted octanol–water partition coefficient (Wildman–Crippen LogP) is 7.36. The summed E-state index contributed by atoms with van der Waals surface area (Å²) >= 11 is 0. The van der Waals surface area contributed by atoms with Gasteiger partial charge in [-0.2, -0.15) is 0 Å². The Morgan fingerprint density at radius 1 is 0.633 bits per heavy atom. The van der Waals surface area contributed by atoms with E-state index in [2.05, 4.69) is 6.92 Å². The zero-order chi connectivity index (χ0) is 23.0. The van der Waals surface area contributed by atoms with Gasteiger partial charge in [-0.1, -0.05) is 96.8 Å². The van der Waals surface area contributed by atoms with Crippen LogP contribution in [0.3, 0.4) is 0 Å². The predicted molar refractivity (Wildman–Crippen MR) is 127 cm³/mol. The van der Waals surface area contributed by atoms with Crippen molar-refractivity contribution < 1.29 is 24.9 Å². The maximum Gasteiger partial charge on any atom is 0.303 e. The summed E-state index contributed by atoms with van der Waals surface area (Å²) in [6, 6.07) is 0. The van der Waals surface area contributed by atoms with Crippen LogP contribution in [0.5, 0.6) is 0 Å². The number of unbranched alkanes of at least 4 members (excludes halogenated alkanes) is 14. The fourth-order valence-electron chi connectivity index (χ4n) is 2.65. The molecule has 184 valence electrons. The summed E-state index contributed by atoms with van der Waals surface area (Å²) in [5.41, 5.74) is -0.500. The van der Waals surface area contributed by atoms with Crippen LogP contribution in [0.1, 0.15) is 137 Å². The lowest BCUT2D eigenvalue weighted by Gasteiger charge is -2.04. The van der Waals surface area contributed by atoms with E-state index in [1.54, 1.807) is 20.8 Å². The lowest BCUT2D eigenvalue weighted by Crippen LogP contribution is -2.10. The smallest absolute Gasteiger partial charge is 0.303 e. The summed E-state index contributed by atoms with van der Waals surface area (Å²) < 4.78 is 0. The number of hydrogen-bond donors (Lipinski definition) is 4. The Bertz CT molecular complexity index is 344. The van der Waals surface area contributed by atoms with E-state index in [9.17, 15) is 4.79 Å². The van der Waals surface area contributed by atoms with Crippen LogP contribution in [-0.4, -0.2) is 32.9 Å². The first-order chi connectivity index (χ1) is 13.5. The second-order valence-corrected chi connectivity index (χ2v) is 8.78. The Morgan fingerprint density at radius 3 is 1.03 bits per heavy atom. The molecule has 0 aliphatic heterocycles. The lowest BCUT2D eigenvalue weighted by atomic mass is 10.0. The van der Waals surface area contributed by atoms with Gasteiger partial charge in [0.2, 0.25) is 0 Å². The third kappa shape index (κ3) is 71.4. The van der Waals surface area contributed by atoms with Crippen LogP contribution in [0.15, 0.2) is 0 Å². The van der Waals surface area contributed by atoms with Crippen LogP contribution in [0.2, 0.25) is 0 Å². The molecule has 0 aliphatic carbocycles. The van der Waals surface area contributed by atoms with E-state index in [4.69, 9.17) is 20.1 Å². The van der Waals surface area contributed by atoms with Gasteiger partial charge in [0.1, 0.15) is 0 Å². The van der Waals surface area contributed by atoms with Crippen molar-refractivity contribution in [3.63, 3.8) is 0 Å². The van der Waals surface area contributed by atoms with Gasteiger partial charge in [0.15, 0.2) is 0 Å². The standard InChI is InChI=1S/C18H36O2.C4H10O.C2H4O2.H3N/c1-2-3-4-5-6-7-8-9-10-11-12-13-14-15-16-17-18(19)20;1-4(2,3)5;1-2(3)4;/h2-17H2,1H3,(H,19,20);5H,1-3H3;1H3,(H,3,4);1H3. The quantitative estimate of drug-likeness (QED) is 0.187. The van der Waals surface area contributed by atoms with Crippen molar-refractivity contribution in [3.8, 4) is 0 Å². The molecular formula is C24H53NO5. The minimum Gasteiger partial charge on any atom is -0.481 e. The number of rotatable bonds is 16. The molecule has 0 rings (SSSR count). The van der Waals surface area contributed by atoms with E-state index in [1.807, 2.05) is 0 Å². The van der Waals surface area contributed by atoms with Crippen LogP contribution < -0.4 is 6.15 Å². The van der Waals surface area contributed by atoms with Crippen molar-refractivity contribution in [2.45, 2.75) is 143 Å². The first-order valence-corrected chi connectivity index (χ1v) is 11.6. The molecule has 0 fully saturated rings. The molecule has 0 aliphatic rings. The molecule has 0 aromatic heterocycles. The highest BCUT2D eigenvalue weighted by molar-refractivity contribution is 5.66. The summed E-state index contributed by atoms with van der Waals surface area (Å²) in [7, 11) is 0. The molecule has 30 heavy (non-hydrogen) atoms. The SMILES string of the molecule is CC(=O)O.CC(C)(C)O.CCCCCCCCCCCCCCCCCC(=O)O.N. The maximum absolute atomic E-state index is 10.3. The second-order valence-electron chi connectivity index (χ2n) is 8.78. The van der Waals surface area contributed by atoms with Crippen LogP contribution in [0.4, 0.5) is 0 Å². The zero-order valence-corrected chi connectivity index (χ0v) is 20.7. The van der Waals surface area contributed by atoms with Crippen molar-refractivity contribution in [1.29, 1.82) is 0 Å². The average Bonchev–Trinajstić information content (AvgIpc) is 2.56. The third-order valence-corrected chi connectivity index (χ3v) is 3.99. The van der Waals surface area contributed by atoms with Crippen molar-refractivity contribution in [2.24, 2.45) is 0 Å². The van der Waals surface area contributed by atoms with E-state index < -0.39 is 17.5 Å². The first-order valence-electron chi connectivity index (χ1n) is 11.6. The van der Waals surface area contributed by atoms with Crippen molar-refractivity contribution >= 4 is 11.9 Å². The molecule has 0 aromatic carbocycles. The summed E-state index contributed by atoms with van der Waals surface area (Å²) in [6.45, 7) is 8.58. The van der Waals surface area contributed by atoms with E-state index in [0.717, 1.165) is 19.8 Å². The lowest BCUT2D eigenvalue weighted by molar-refractivity contribution is -0.137. The molecule has 6 N–H and O–H groups in total. The molecule has 0 saturated heterocycles. The molecular weight excluding hydrogens is 382 g/mol. The van der Waals surface area contributed by atoms with Crippen LogP contribution >= 0.6 is 0 Å². The minimum atomic E-state index is -0.833. The first kappa shape index (κ1) is 36.2. The minimum absolute atomic E-state index is 0. The van der Waals surface area contributed by atoms with Gasteiger partial charge < -0.3 is 21.5 Å². The maximum atomic E-state index is 10.3. The van der Waals surface area contributed by atoms with E-state index in [0.29, 0.717) is 6.42 Å². The molecule has 0 bridgehead atoms. The molecule has 0 spiro atoms. The van der Waals surface area contributed by atoms with Gasteiger partial charge in [-0.15, -0.1) is 0 Å². The van der Waals surface area contributed by atoms with Crippen LogP contribution in [0.25, 0.3) is 0 Å². The summed E-state index contributed by atoms with van der Waals surface area (Å²) in [5, 5.41) is 24.5. The molecule has 0 atom stereocenters. The van der Waals surface area contributed by atoms with Gasteiger partial charge >= 0.3 is 5.97 Å². The monoisotopic (exact) mass is 435 g/mol. The van der Waals surface area contributed by atoms with Crippen molar-refractivity contribution in [2.75, 3.05) is 0 Å². The van der Waals surface area contributed by atoms with Gasteiger partial charge in [0.05, 0.1) is 5.60 Å². The van der Waals surface area contributed by atoms with E-state index in [-0.39, 0.29) is 6.15 Å². The summed E-state index contributed by atoms with van der Waals surface area (Å²) in [4.78, 5) is 19.3. The highest BCUT2D eigenvalue weighted by Gasteiger charge is 1.98. The number of carboxylic acid groups (broad SMARTS) is 2. The van der Waals surface area contributed by atoms with Crippen LogP contribution in [-0.2, 0) is 9.59 Å². The molecule has 0 saturated carbocycles. The zero-order valence-electron chi connectivity index (χ0n) is 20.7. The summed E-state index contributed by atoms with van der Waals surface area (Å²) in [5.74, 6) is -1.49. The van der Waals surface area contributed by atoms with E-state index in [1.165, 1.54) is 83.5 Å². The van der Waals surface area contributed by atoms with Crippen LogP contribution in [0, 0.1) is 0 Å². The Balaban J connectivity index is -0.000000283. The van der Waals surface area contributed by atoms with Gasteiger partial charge in [0.25, 0.3) is 5.97 Å². The third-order valence-electron chi connectivity index (χ3n) is 3.99. The Labute approximate surface area is 186 Å². The average molecular weight is 436 g/mol. The number of hydrogen-bond acceptors (Lipinski definition) is 4. The molecule has 0 heterocycles. The van der Waals surface area contributed by atoms with Gasteiger partial charge in [-0.25, -0.2) is 0 Å². The topological polar surface area (TPSA) is 130 Å². The Morgan fingerprint density at radius 2 is 0.833 bits per heavy atom. The number of carbonyl (C=O) groups is 2. The second kappa shape index (κ2) is 27.9. The fourth-order valence-corrected chi connectivity index (χ4v) is 2.65. The molecule has 0 radical (unpaired) electrons. The molecule has 0 amide bonds. The van der Waals surface area contributed by atoms with Crippen molar-refractivity contribution in [3.05, 3.63) is 0 Å². The Hall–Kier alpha value is -1.14. The highest BCUT2D eigenvalue weighted by Crippen LogP contribution is 2.13. The normalized spacial score (nSPS) is 10.1. The number of aliphatic hydroxyl groups is 1. The van der Waals surface area contributed by atoms with E-state index >= 15 is 0 Å². The largest absolute Gasteiger partial charge is 0.481 e. The molecule has 6 heteroatoms. The number of aliphatic carboxylic acids is 2. The Kier molecular flexibility index (Phi) is 33.7. The molecule has 6 nitrogen and oxygen atoms in total. The molecule has 0 aromatic rings. The fraction of sp³-hybridized carbons (Fsp3) is 0.917. The number of carboxylic acids is 2. The van der Waals surface area contributed by atoms with Gasteiger partial charge in [-0.05, 0) is 27.2 Å².